The van der Waals surface area contributed by atoms with Crippen LogP contribution < -0.4 is 11.5 Å². The van der Waals surface area contributed by atoms with Gasteiger partial charge in [0.2, 0.25) is 5.91 Å². The number of esters is 1. The predicted octanol–water partition coefficient (Wildman–Crippen LogP) is 5.38. The second-order valence-electron chi connectivity index (χ2n) is 8.08. The lowest BCUT2D eigenvalue weighted by atomic mass is 10.0. The predicted molar refractivity (Wildman–Crippen MR) is 117 cm³/mol. The Morgan fingerprint density at radius 3 is 1.50 bits per heavy atom. The number of primary amides is 1. The molecule has 0 unspecified atom stereocenters. The van der Waals surface area contributed by atoms with Gasteiger partial charge in [-0.05, 0) is 12.8 Å². The molecule has 4 N–H and O–H groups in total. The van der Waals surface area contributed by atoms with Crippen LogP contribution in [-0.4, -0.2) is 24.5 Å². The first-order valence-electron chi connectivity index (χ1n) is 11.8. The van der Waals surface area contributed by atoms with E-state index in [0.29, 0.717) is 6.61 Å². The summed E-state index contributed by atoms with van der Waals surface area (Å²) in [5.74, 6) is -0.872. The van der Waals surface area contributed by atoms with Gasteiger partial charge in [0.05, 0.1) is 6.61 Å². The Balaban J connectivity index is 3.21. The maximum Gasteiger partial charge on any atom is 0.322 e. The summed E-state index contributed by atoms with van der Waals surface area (Å²) in [7, 11) is 0. The minimum atomic E-state index is -0.742. The first-order valence-corrected chi connectivity index (χ1v) is 11.8. The third-order valence-corrected chi connectivity index (χ3v) is 5.25. The molecule has 0 aromatic carbocycles. The van der Waals surface area contributed by atoms with Crippen LogP contribution in [0.25, 0.3) is 0 Å². The molecule has 0 radical (unpaired) electrons. The van der Waals surface area contributed by atoms with Gasteiger partial charge in [-0.25, -0.2) is 0 Å². The summed E-state index contributed by atoms with van der Waals surface area (Å²) in [6.07, 6.45) is 21.5. The van der Waals surface area contributed by atoms with Crippen LogP contribution in [0.4, 0.5) is 0 Å². The van der Waals surface area contributed by atoms with Crippen LogP contribution in [0, 0.1) is 0 Å². The average molecular weight is 399 g/mol. The number of rotatable bonds is 21. The van der Waals surface area contributed by atoms with Gasteiger partial charge in [-0.3, -0.25) is 9.59 Å². The molecule has 0 bridgehead atoms. The van der Waals surface area contributed by atoms with E-state index >= 15 is 0 Å². The van der Waals surface area contributed by atoms with E-state index in [-0.39, 0.29) is 12.8 Å². The molecule has 1 amide bonds. The van der Waals surface area contributed by atoms with Crippen LogP contribution in [0.1, 0.15) is 122 Å². The molecule has 0 aliphatic carbocycles. The minimum absolute atomic E-state index is 0.120. The molecule has 0 aromatic heterocycles. The van der Waals surface area contributed by atoms with Gasteiger partial charge in [-0.15, -0.1) is 0 Å². The zero-order chi connectivity index (χ0) is 20.9. The van der Waals surface area contributed by atoms with Gasteiger partial charge in [0.15, 0.2) is 0 Å². The maximum absolute atomic E-state index is 11.6. The Kier molecular flexibility index (Phi) is 19.8. The van der Waals surface area contributed by atoms with E-state index in [1.165, 1.54) is 89.9 Å². The van der Waals surface area contributed by atoms with Crippen LogP contribution in [-0.2, 0) is 14.3 Å². The van der Waals surface area contributed by atoms with Crippen LogP contribution in [0.2, 0.25) is 0 Å². The Morgan fingerprint density at radius 2 is 1.11 bits per heavy atom. The Bertz CT molecular complexity index is 375. The smallest absolute Gasteiger partial charge is 0.322 e. The van der Waals surface area contributed by atoms with Crippen molar-refractivity contribution >= 4 is 11.9 Å². The number of amides is 1. The van der Waals surface area contributed by atoms with Crippen molar-refractivity contribution in [3.05, 3.63) is 0 Å². The van der Waals surface area contributed by atoms with Crippen LogP contribution >= 0.6 is 0 Å². The molecule has 0 fully saturated rings. The molecule has 0 aliphatic heterocycles. The van der Waals surface area contributed by atoms with Crippen molar-refractivity contribution < 1.29 is 14.3 Å². The number of unbranched alkanes of at least 4 members (excludes halogenated alkanes) is 15. The van der Waals surface area contributed by atoms with Crippen molar-refractivity contribution in [2.75, 3.05) is 6.61 Å². The number of carbonyl (C=O) groups excluding carboxylic acids is 2. The number of carbonyl (C=O) groups is 2. The van der Waals surface area contributed by atoms with E-state index in [4.69, 9.17) is 16.2 Å². The van der Waals surface area contributed by atoms with Gasteiger partial charge in [0.1, 0.15) is 6.04 Å². The molecule has 1 atom stereocenters. The van der Waals surface area contributed by atoms with E-state index < -0.39 is 17.9 Å². The highest BCUT2D eigenvalue weighted by atomic mass is 16.5. The van der Waals surface area contributed by atoms with Gasteiger partial charge in [0, 0.05) is 6.42 Å². The molecule has 5 heteroatoms. The topological polar surface area (TPSA) is 95.4 Å². The lowest BCUT2D eigenvalue weighted by Crippen LogP contribution is -2.33. The van der Waals surface area contributed by atoms with Crippen molar-refractivity contribution in [2.24, 2.45) is 11.5 Å². The normalized spacial score (nSPS) is 12.1. The van der Waals surface area contributed by atoms with E-state index in [1.54, 1.807) is 0 Å². The van der Waals surface area contributed by atoms with E-state index in [2.05, 4.69) is 6.92 Å². The van der Waals surface area contributed by atoms with Gasteiger partial charge in [0.25, 0.3) is 0 Å². The van der Waals surface area contributed by atoms with Gasteiger partial charge in [-0.1, -0.05) is 103 Å². The summed E-state index contributed by atoms with van der Waals surface area (Å²) in [5.41, 5.74) is 10.7. The Morgan fingerprint density at radius 1 is 0.714 bits per heavy atom. The fraction of sp³-hybridized carbons (Fsp3) is 0.913. The van der Waals surface area contributed by atoms with E-state index in [0.717, 1.165) is 12.8 Å². The molecular formula is C23H46N2O3. The van der Waals surface area contributed by atoms with Crippen molar-refractivity contribution in [1.82, 2.24) is 0 Å². The van der Waals surface area contributed by atoms with Gasteiger partial charge < -0.3 is 16.2 Å². The summed E-state index contributed by atoms with van der Waals surface area (Å²) in [4.78, 5) is 22.3. The zero-order valence-electron chi connectivity index (χ0n) is 18.4. The highest BCUT2D eigenvalue weighted by Crippen LogP contribution is 2.13. The van der Waals surface area contributed by atoms with Crippen LogP contribution in [0.15, 0.2) is 0 Å². The Labute approximate surface area is 173 Å². The third-order valence-electron chi connectivity index (χ3n) is 5.25. The first kappa shape index (κ1) is 26.9. The van der Waals surface area contributed by atoms with Crippen molar-refractivity contribution in [3.63, 3.8) is 0 Å². The molecule has 28 heavy (non-hydrogen) atoms. The largest absolute Gasteiger partial charge is 0.465 e. The van der Waals surface area contributed by atoms with Crippen LogP contribution in [0.3, 0.4) is 0 Å². The molecular weight excluding hydrogens is 352 g/mol. The molecule has 0 rings (SSSR count). The molecule has 0 aliphatic rings. The van der Waals surface area contributed by atoms with E-state index in [9.17, 15) is 9.59 Å². The minimum Gasteiger partial charge on any atom is -0.465 e. The summed E-state index contributed by atoms with van der Waals surface area (Å²) >= 11 is 0. The SMILES string of the molecule is CCCCCCCCCCCCCCCCCCOC(=O)[C@@H](N)CCC(N)=O. The number of ether oxygens (including phenoxy) is 1. The maximum atomic E-state index is 11.6. The van der Waals surface area contributed by atoms with Gasteiger partial charge in [-0.2, -0.15) is 0 Å². The number of nitrogens with two attached hydrogens (primary N) is 2. The fourth-order valence-electron chi connectivity index (χ4n) is 3.35. The lowest BCUT2D eigenvalue weighted by molar-refractivity contribution is -0.145. The second-order valence-corrected chi connectivity index (χ2v) is 8.08. The molecule has 0 heterocycles. The van der Waals surface area contributed by atoms with E-state index in [1.807, 2.05) is 0 Å². The summed E-state index contributed by atoms with van der Waals surface area (Å²) in [6.45, 7) is 2.69. The average Bonchev–Trinajstić information content (AvgIpc) is 2.68. The van der Waals surface area contributed by atoms with Crippen molar-refractivity contribution in [1.29, 1.82) is 0 Å². The number of hydrogen-bond donors (Lipinski definition) is 2. The summed E-state index contributed by atoms with van der Waals surface area (Å²) in [5, 5.41) is 0. The molecule has 166 valence electrons. The highest BCUT2D eigenvalue weighted by molar-refractivity contribution is 5.78. The molecule has 0 spiro atoms. The fourth-order valence-corrected chi connectivity index (χ4v) is 3.35. The first-order chi connectivity index (χ1) is 13.6. The van der Waals surface area contributed by atoms with Gasteiger partial charge >= 0.3 is 5.97 Å². The summed E-state index contributed by atoms with van der Waals surface area (Å²) in [6, 6.07) is -0.742. The molecule has 0 saturated heterocycles. The second kappa shape index (κ2) is 20.6. The third kappa shape index (κ3) is 19.7. The Hall–Kier alpha value is -1.10. The zero-order valence-corrected chi connectivity index (χ0v) is 18.4. The number of hydrogen-bond acceptors (Lipinski definition) is 4. The highest BCUT2D eigenvalue weighted by Gasteiger charge is 2.15. The standard InChI is InChI=1S/C23H46N2O3/c1-2-3-4-5-6-7-8-9-10-11-12-13-14-15-16-17-20-28-23(27)21(24)18-19-22(25)26/h21H,2-20,24H2,1H3,(H2,25,26)/t21-/m0/s1. The monoisotopic (exact) mass is 398 g/mol. The lowest BCUT2D eigenvalue weighted by Gasteiger charge is -2.10. The molecule has 0 aromatic rings. The molecule has 0 saturated carbocycles. The molecule has 5 nitrogen and oxygen atoms in total. The van der Waals surface area contributed by atoms with Crippen molar-refractivity contribution in [3.8, 4) is 0 Å². The quantitative estimate of drug-likeness (QED) is 0.200. The van der Waals surface area contributed by atoms with Crippen molar-refractivity contribution in [2.45, 2.75) is 129 Å². The summed E-state index contributed by atoms with van der Waals surface area (Å²) < 4.78 is 5.14. The van der Waals surface area contributed by atoms with Crippen LogP contribution in [0.5, 0.6) is 0 Å².